The highest BCUT2D eigenvalue weighted by molar-refractivity contribution is 5.43. The van der Waals surface area contributed by atoms with E-state index in [1.165, 1.54) is 19.2 Å². The van der Waals surface area contributed by atoms with E-state index in [4.69, 9.17) is 14.2 Å². The lowest BCUT2D eigenvalue weighted by atomic mass is 10.1. The molecule has 8 heteroatoms. The van der Waals surface area contributed by atoms with Crippen LogP contribution in [0.15, 0.2) is 36.4 Å². The lowest BCUT2D eigenvalue weighted by Gasteiger charge is -2.14. The van der Waals surface area contributed by atoms with Crippen LogP contribution in [0.3, 0.4) is 0 Å². The van der Waals surface area contributed by atoms with Crippen LogP contribution in [0.2, 0.25) is 0 Å². The van der Waals surface area contributed by atoms with E-state index in [2.05, 4.69) is 5.32 Å². The molecule has 0 unspecified atom stereocenters. The molecule has 0 aromatic heterocycles. The van der Waals surface area contributed by atoms with Crippen molar-refractivity contribution < 1.29 is 31.8 Å². The van der Waals surface area contributed by atoms with Gasteiger partial charge in [-0.25, -0.2) is 4.39 Å². The van der Waals surface area contributed by atoms with E-state index in [1.54, 1.807) is 31.2 Å². The third kappa shape index (κ3) is 6.63. The Hall–Kier alpha value is -2.48. The van der Waals surface area contributed by atoms with Crippen molar-refractivity contribution in [2.24, 2.45) is 0 Å². The molecule has 0 spiro atoms. The Kier molecular flexibility index (Phi) is 7.29. The van der Waals surface area contributed by atoms with Crippen molar-refractivity contribution in [1.29, 1.82) is 0 Å². The molecule has 2 rings (SSSR count). The molecular formula is C19H21F4NO3. The molecular weight excluding hydrogens is 366 g/mol. The van der Waals surface area contributed by atoms with Crippen molar-refractivity contribution in [1.82, 2.24) is 5.32 Å². The van der Waals surface area contributed by atoms with Crippen LogP contribution in [0.5, 0.6) is 17.2 Å². The van der Waals surface area contributed by atoms with Crippen LogP contribution >= 0.6 is 0 Å². The second kappa shape index (κ2) is 9.45. The van der Waals surface area contributed by atoms with Gasteiger partial charge in [-0.15, -0.1) is 0 Å². The SMILES string of the molecule is CCOc1ccc(CNCc2ccc(OCC(F)(F)F)c(OC)c2)cc1F. The fraction of sp³-hybridized carbons (Fsp3) is 0.368. The third-order valence-corrected chi connectivity index (χ3v) is 3.57. The zero-order valence-electron chi connectivity index (χ0n) is 15.0. The Morgan fingerprint density at radius 1 is 0.889 bits per heavy atom. The molecule has 0 heterocycles. The smallest absolute Gasteiger partial charge is 0.422 e. The summed E-state index contributed by atoms with van der Waals surface area (Å²) in [6.45, 7) is 1.62. The monoisotopic (exact) mass is 387 g/mol. The third-order valence-electron chi connectivity index (χ3n) is 3.57. The van der Waals surface area contributed by atoms with Gasteiger partial charge in [-0.2, -0.15) is 13.2 Å². The van der Waals surface area contributed by atoms with Gasteiger partial charge in [0.05, 0.1) is 13.7 Å². The highest BCUT2D eigenvalue weighted by Crippen LogP contribution is 2.29. The van der Waals surface area contributed by atoms with E-state index in [0.717, 1.165) is 11.1 Å². The maximum absolute atomic E-state index is 13.8. The molecule has 0 amide bonds. The number of ether oxygens (including phenoxy) is 3. The van der Waals surface area contributed by atoms with Crippen molar-refractivity contribution >= 4 is 0 Å². The van der Waals surface area contributed by atoms with E-state index >= 15 is 0 Å². The average Bonchev–Trinajstić information content (AvgIpc) is 2.62. The van der Waals surface area contributed by atoms with Gasteiger partial charge < -0.3 is 19.5 Å². The standard InChI is InChI=1S/C19H21F4NO3/c1-3-26-16-6-4-13(8-15(16)20)10-24-11-14-5-7-17(18(9-14)25-2)27-12-19(21,22)23/h4-9,24H,3,10-12H2,1-2H3. The summed E-state index contributed by atoms with van der Waals surface area (Å²) >= 11 is 0. The Labute approximate surface area is 155 Å². The number of methoxy groups -OCH3 is 1. The molecule has 148 valence electrons. The van der Waals surface area contributed by atoms with Gasteiger partial charge in [0.1, 0.15) is 0 Å². The van der Waals surface area contributed by atoms with Gasteiger partial charge in [-0.1, -0.05) is 12.1 Å². The number of nitrogens with one attached hydrogen (secondary N) is 1. The summed E-state index contributed by atoms with van der Waals surface area (Å²) in [5.74, 6) is 0.0160. The van der Waals surface area contributed by atoms with Gasteiger partial charge in [-0.3, -0.25) is 0 Å². The van der Waals surface area contributed by atoms with Gasteiger partial charge in [0.15, 0.2) is 29.7 Å². The summed E-state index contributed by atoms with van der Waals surface area (Å²) in [4.78, 5) is 0. The van der Waals surface area contributed by atoms with Crippen molar-refractivity contribution in [3.05, 3.63) is 53.3 Å². The number of halogens is 4. The first-order valence-corrected chi connectivity index (χ1v) is 8.30. The quantitative estimate of drug-likeness (QED) is 0.645. The summed E-state index contributed by atoms with van der Waals surface area (Å²) < 4.78 is 65.6. The lowest BCUT2D eigenvalue weighted by Crippen LogP contribution is -2.19. The molecule has 0 saturated carbocycles. The highest BCUT2D eigenvalue weighted by atomic mass is 19.4. The van der Waals surface area contributed by atoms with Crippen LogP contribution in [0.25, 0.3) is 0 Å². The van der Waals surface area contributed by atoms with Gasteiger partial charge in [0.25, 0.3) is 0 Å². The summed E-state index contributed by atoms with van der Waals surface area (Å²) in [5.41, 5.74) is 1.53. The molecule has 0 aliphatic heterocycles. The molecule has 1 N–H and O–H groups in total. The summed E-state index contributed by atoms with van der Waals surface area (Å²) in [6, 6.07) is 9.39. The van der Waals surface area contributed by atoms with Crippen molar-refractivity contribution in [3.8, 4) is 17.2 Å². The minimum absolute atomic E-state index is 0.0205. The molecule has 27 heavy (non-hydrogen) atoms. The average molecular weight is 387 g/mol. The normalized spacial score (nSPS) is 11.3. The Bertz CT molecular complexity index is 750. The topological polar surface area (TPSA) is 39.7 Å². The van der Waals surface area contributed by atoms with Crippen LogP contribution < -0.4 is 19.5 Å². The molecule has 2 aromatic carbocycles. The predicted octanol–water partition coefficient (Wildman–Crippen LogP) is 4.46. The van der Waals surface area contributed by atoms with Gasteiger partial charge in [-0.05, 0) is 42.3 Å². The first-order chi connectivity index (χ1) is 12.8. The number of hydrogen-bond acceptors (Lipinski definition) is 4. The highest BCUT2D eigenvalue weighted by Gasteiger charge is 2.29. The molecule has 0 atom stereocenters. The first-order valence-electron chi connectivity index (χ1n) is 8.30. The molecule has 0 fully saturated rings. The summed E-state index contributed by atoms with van der Waals surface area (Å²) in [7, 11) is 1.36. The van der Waals surface area contributed by atoms with Crippen LogP contribution in [0.1, 0.15) is 18.1 Å². The molecule has 0 aliphatic rings. The van der Waals surface area contributed by atoms with Gasteiger partial charge in [0, 0.05) is 13.1 Å². The zero-order chi connectivity index (χ0) is 19.9. The summed E-state index contributed by atoms with van der Waals surface area (Å²) in [6.07, 6.45) is -4.42. The van der Waals surface area contributed by atoms with Crippen LogP contribution in [-0.2, 0) is 13.1 Å². The Balaban J connectivity index is 1.93. The number of rotatable bonds is 9. The fourth-order valence-electron chi connectivity index (χ4n) is 2.38. The largest absolute Gasteiger partial charge is 0.493 e. The maximum atomic E-state index is 13.8. The van der Waals surface area contributed by atoms with Crippen LogP contribution in [-0.4, -0.2) is 26.5 Å². The molecule has 0 radical (unpaired) electrons. The van der Waals surface area contributed by atoms with E-state index in [9.17, 15) is 17.6 Å². The van der Waals surface area contributed by atoms with Crippen molar-refractivity contribution in [3.63, 3.8) is 0 Å². The zero-order valence-corrected chi connectivity index (χ0v) is 15.0. The molecule has 0 saturated heterocycles. The lowest BCUT2D eigenvalue weighted by molar-refractivity contribution is -0.153. The fourth-order valence-corrected chi connectivity index (χ4v) is 2.38. The van der Waals surface area contributed by atoms with Gasteiger partial charge >= 0.3 is 6.18 Å². The second-order valence-electron chi connectivity index (χ2n) is 5.69. The second-order valence-corrected chi connectivity index (χ2v) is 5.69. The minimum Gasteiger partial charge on any atom is -0.493 e. The number of alkyl halides is 3. The van der Waals surface area contributed by atoms with Crippen LogP contribution in [0.4, 0.5) is 17.6 Å². The molecule has 2 aromatic rings. The maximum Gasteiger partial charge on any atom is 0.422 e. The minimum atomic E-state index is -4.42. The first kappa shape index (κ1) is 20.8. The number of hydrogen-bond donors (Lipinski definition) is 1. The van der Waals surface area contributed by atoms with Crippen LogP contribution in [0, 0.1) is 5.82 Å². The Morgan fingerprint density at radius 2 is 1.52 bits per heavy atom. The van der Waals surface area contributed by atoms with Crippen molar-refractivity contribution in [2.45, 2.75) is 26.2 Å². The van der Waals surface area contributed by atoms with E-state index in [-0.39, 0.29) is 17.2 Å². The summed E-state index contributed by atoms with van der Waals surface area (Å²) in [5, 5.41) is 3.14. The van der Waals surface area contributed by atoms with Crippen molar-refractivity contribution in [2.75, 3.05) is 20.3 Å². The predicted molar refractivity (Wildman–Crippen MR) is 92.7 cm³/mol. The number of benzene rings is 2. The molecule has 0 aliphatic carbocycles. The molecule has 0 bridgehead atoms. The van der Waals surface area contributed by atoms with E-state index in [0.29, 0.717) is 19.7 Å². The van der Waals surface area contributed by atoms with Gasteiger partial charge in [0.2, 0.25) is 0 Å². The molecule has 4 nitrogen and oxygen atoms in total. The van der Waals surface area contributed by atoms with E-state index in [1.807, 2.05) is 0 Å². The van der Waals surface area contributed by atoms with E-state index < -0.39 is 18.6 Å². The Morgan fingerprint density at radius 3 is 2.07 bits per heavy atom.